The van der Waals surface area contributed by atoms with Crippen molar-refractivity contribution in [2.24, 2.45) is 0 Å². The number of benzene rings is 1. The molecule has 0 radical (unpaired) electrons. The molecule has 5 nitrogen and oxygen atoms in total. The Kier molecular flexibility index (Phi) is 5.00. The summed E-state index contributed by atoms with van der Waals surface area (Å²) in [6, 6.07) is 2.71. The largest absolute Gasteiger partial charge is 0.336 e. The van der Waals surface area contributed by atoms with Crippen LogP contribution in [0.2, 0.25) is 0 Å². The molecule has 1 fully saturated rings. The normalized spacial score (nSPS) is 21.4. The highest BCUT2D eigenvalue weighted by molar-refractivity contribution is 8.00. The van der Waals surface area contributed by atoms with Crippen molar-refractivity contribution in [3.8, 4) is 0 Å². The van der Waals surface area contributed by atoms with Crippen molar-refractivity contribution in [2.45, 2.75) is 24.8 Å². The lowest BCUT2D eigenvalue weighted by Crippen LogP contribution is -2.52. The number of hydrogen-bond donors (Lipinski definition) is 3. The minimum Gasteiger partial charge on any atom is -0.336 e. The van der Waals surface area contributed by atoms with Gasteiger partial charge in [-0.25, -0.2) is 13.6 Å². The molecule has 0 aliphatic carbocycles. The fourth-order valence-electron chi connectivity index (χ4n) is 1.91. The molecule has 1 aromatic carbocycles. The molecule has 1 saturated heterocycles. The number of nitrogens with one attached hydrogen (secondary N) is 3. The summed E-state index contributed by atoms with van der Waals surface area (Å²) in [5, 5.41) is 7.60. The Morgan fingerprint density at radius 1 is 1.43 bits per heavy atom. The Morgan fingerprint density at radius 3 is 2.86 bits per heavy atom. The number of carbonyl (C=O) groups excluding carboxylic acids is 2. The summed E-state index contributed by atoms with van der Waals surface area (Å²) in [5.74, 6) is -1.87. The lowest BCUT2D eigenvalue weighted by molar-refractivity contribution is -0.113. The first-order valence-electron chi connectivity index (χ1n) is 6.37. The number of hydrogen-bond acceptors (Lipinski definition) is 3. The molecule has 1 heterocycles. The molecule has 0 spiro atoms. The molecule has 1 aliphatic rings. The van der Waals surface area contributed by atoms with E-state index < -0.39 is 17.5 Å². The average molecular weight is 315 g/mol. The maximum Gasteiger partial charge on any atom is 0.315 e. The smallest absolute Gasteiger partial charge is 0.315 e. The molecular formula is C13H15F2N3O2S. The van der Waals surface area contributed by atoms with Gasteiger partial charge in [0.2, 0.25) is 5.91 Å². The maximum atomic E-state index is 13.4. The molecule has 1 aliphatic heterocycles. The number of halogens is 2. The van der Waals surface area contributed by atoms with Crippen molar-refractivity contribution < 1.29 is 18.4 Å². The second kappa shape index (κ2) is 6.75. The SMILES string of the molecule is CC1CC(SCC(=O)Nc2ccc(F)cc2F)NC(=O)N1. The summed E-state index contributed by atoms with van der Waals surface area (Å²) < 4.78 is 26.1. The molecule has 1 aromatic rings. The van der Waals surface area contributed by atoms with E-state index in [1.807, 2.05) is 6.92 Å². The van der Waals surface area contributed by atoms with Crippen molar-refractivity contribution in [3.05, 3.63) is 29.8 Å². The van der Waals surface area contributed by atoms with Gasteiger partial charge in [0.1, 0.15) is 11.6 Å². The van der Waals surface area contributed by atoms with Crippen LogP contribution in [-0.4, -0.2) is 29.1 Å². The Morgan fingerprint density at radius 2 is 2.19 bits per heavy atom. The Hall–Kier alpha value is -1.83. The van der Waals surface area contributed by atoms with Crippen LogP contribution in [0.1, 0.15) is 13.3 Å². The number of anilines is 1. The van der Waals surface area contributed by atoms with Crippen molar-refractivity contribution >= 4 is 29.4 Å². The predicted molar refractivity (Wildman–Crippen MR) is 77.0 cm³/mol. The van der Waals surface area contributed by atoms with E-state index in [4.69, 9.17) is 0 Å². The van der Waals surface area contributed by atoms with Gasteiger partial charge < -0.3 is 16.0 Å². The molecular weight excluding hydrogens is 300 g/mol. The third-order valence-electron chi connectivity index (χ3n) is 2.86. The van der Waals surface area contributed by atoms with E-state index in [-0.39, 0.29) is 28.9 Å². The Balaban J connectivity index is 1.83. The highest BCUT2D eigenvalue weighted by atomic mass is 32.2. The zero-order chi connectivity index (χ0) is 15.4. The molecule has 2 unspecified atom stereocenters. The van der Waals surface area contributed by atoms with Gasteiger partial charge in [0.15, 0.2) is 0 Å². The number of urea groups is 1. The number of thioether (sulfide) groups is 1. The van der Waals surface area contributed by atoms with Gasteiger partial charge in [0, 0.05) is 12.1 Å². The fraction of sp³-hybridized carbons (Fsp3) is 0.385. The van der Waals surface area contributed by atoms with Gasteiger partial charge in [-0.15, -0.1) is 11.8 Å². The van der Waals surface area contributed by atoms with E-state index in [0.717, 1.165) is 6.07 Å². The second-order valence-corrected chi connectivity index (χ2v) is 5.92. The Labute approximate surface area is 124 Å². The predicted octanol–water partition coefficient (Wildman–Crippen LogP) is 2.05. The summed E-state index contributed by atoms with van der Waals surface area (Å²) in [4.78, 5) is 23.0. The summed E-state index contributed by atoms with van der Waals surface area (Å²) >= 11 is 1.26. The van der Waals surface area contributed by atoms with Crippen LogP contribution in [0.4, 0.5) is 19.3 Å². The van der Waals surface area contributed by atoms with Crippen molar-refractivity contribution in [3.63, 3.8) is 0 Å². The summed E-state index contributed by atoms with van der Waals surface area (Å²) in [5.41, 5.74) is -0.0651. The topological polar surface area (TPSA) is 70.2 Å². The Bertz CT molecular complexity index is 556. The van der Waals surface area contributed by atoms with E-state index in [1.54, 1.807) is 0 Å². The first-order valence-corrected chi connectivity index (χ1v) is 7.42. The van der Waals surface area contributed by atoms with Gasteiger partial charge in [-0.2, -0.15) is 0 Å². The van der Waals surface area contributed by atoms with E-state index in [0.29, 0.717) is 12.5 Å². The molecule has 8 heteroatoms. The molecule has 0 bridgehead atoms. The molecule has 2 rings (SSSR count). The van der Waals surface area contributed by atoms with Gasteiger partial charge in [0.05, 0.1) is 16.8 Å². The molecule has 114 valence electrons. The first-order chi connectivity index (χ1) is 9.94. The van der Waals surface area contributed by atoms with Crippen molar-refractivity contribution in [1.82, 2.24) is 10.6 Å². The molecule has 3 N–H and O–H groups in total. The van der Waals surface area contributed by atoms with Gasteiger partial charge in [0.25, 0.3) is 0 Å². The minimum absolute atomic E-state index is 0.0360. The van der Waals surface area contributed by atoms with Crippen LogP contribution < -0.4 is 16.0 Å². The second-order valence-electron chi connectivity index (χ2n) is 4.73. The van der Waals surface area contributed by atoms with Crippen LogP contribution in [0.3, 0.4) is 0 Å². The van der Waals surface area contributed by atoms with E-state index in [9.17, 15) is 18.4 Å². The molecule has 21 heavy (non-hydrogen) atoms. The first kappa shape index (κ1) is 15.6. The fourth-order valence-corrected chi connectivity index (χ4v) is 2.95. The molecule has 0 aromatic heterocycles. The molecule has 2 atom stereocenters. The van der Waals surface area contributed by atoms with Crippen LogP contribution in [0.15, 0.2) is 18.2 Å². The number of rotatable bonds is 4. The zero-order valence-corrected chi connectivity index (χ0v) is 12.1. The van der Waals surface area contributed by atoms with Crippen molar-refractivity contribution in [1.29, 1.82) is 0 Å². The van der Waals surface area contributed by atoms with Crippen molar-refractivity contribution in [2.75, 3.05) is 11.1 Å². The van der Waals surface area contributed by atoms with E-state index >= 15 is 0 Å². The van der Waals surface area contributed by atoms with Crippen LogP contribution >= 0.6 is 11.8 Å². The van der Waals surface area contributed by atoms with Gasteiger partial charge in [-0.1, -0.05) is 0 Å². The monoisotopic (exact) mass is 315 g/mol. The third kappa shape index (κ3) is 4.59. The average Bonchev–Trinajstić information content (AvgIpc) is 2.39. The van der Waals surface area contributed by atoms with E-state index in [2.05, 4.69) is 16.0 Å². The minimum atomic E-state index is -0.822. The van der Waals surface area contributed by atoms with Gasteiger partial charge in [-0.05, 0) is 25.5 Å². The zero-order valence-electron chi connectivity index (χ0n) is 11.3. The standard InChI is InChI=1S/C13H15F2N3O2S/c1-7-4-12(18-13(20)16-7)21-6-11(19)17-10-3-2-8(14)5-9(10)15/h2-3,5,7,12H,4,6H2,1H3,(H,17,19)(H2,16,18,20). The van der Waals surface area contributed by atoms with Gasteiger partial charge >= 0.3 is 6.03 Å². The van der Waals surface area contributed by atoms with Crippen LogP contribution in [0, 0.1) is 11.6 Å². The summed E-state index contributed by atoms with van der Waals surface area (Å²) in [7, 11) is 0. The lowest BCUT2D eigenvalue weighted by atomic mass is 10.2. The highest BCUT2D eigenvalue weighted by Crippen LogP contribution is 2.19. The third-order valence-corrected chi connectivity index (χ3v) is 4.00. The van der Waals surface area contributed by atoms with Crippen LogP contribution in [0.5, 0.6) is 0 Å². The maximum absolute atomic E-state index is 13.4. The number of carbonyl (C=O) groups is 2. The highest BCUT2D eigenvalue weighted by Gasteiger charge is 2.23. The summed E-state index contributed by atoms with van der Waals surface area (Å²) in [6.45, 7) is 1.88. The van der Waals surface area contributed by atoms with E-state index in [1.165, 1.54) is 17.8 Å². The van der Waals surface area contributed by atoms with Crippen LogP contribution in [0.25, 0.3) is 0 Å². The summed E-state index contributed by atoms with van der Waals surface area (Å²) in [6.07, 6.45) is 0.689. The lowest BCUT2D eigenvalue weighted by Gasteiger charge is -2.28. The van der Waals surface area contributed by atoms with Crippen LogP contribution in [-0.2, 0) is 4.79 Å². The molecule has 3 amide bonds. The van der Waals surface area contributed by atoms with Gasteiger partial charge in [-0.3, -0.25) is 4.79 Å². The molecule has 0 saturated carbocycles. The quantitative estimate of drug-likeness (QED) is 0.796. The number of amides is 3.